The zero-order chi connectivity index (χ0) is 31.8. The summed E-state index contributed by atoms with van der Waals surface area (Å²) >= 11 is 0. The van der Waals surface area contributed by atoms with E-state index < -0.39 is 0 Å². The van der Waals surface area contributed by atoms with E-state index >= 15 is 0 Å². The number of benzene rings is 2. The molecule has 2 rings (SSSR count). The molecule has 2 atom stereocenters. The maximum absolute atomic E-state index is 13.2. The molecule has 0 saturated heterocycles. The van der Waals surface area contributed by atoms with Gasteiger partial charge in [-0.15, -0.1) is 0 Å². The van der Waals surface area contributed by atoms with E-state index in [1.807, 2.05) is 65.6 Å². The third kappa shape index (κ3) is 16.6. The van der Waals surface area contributed by atoms with Gasteiger partial charge in [-0.25, -0.2) is 0 Å². The van der Waals surface area contributed by atoms with Crippen LogP contribution in [-0.2, 0) is 27.2 Å². The van der Waals surface area contributed by atoms with Crippen molar-refractivity contribution in [2.75, 3.05) is 26.2 Å². The number of hydrogen-bond acceptors (Lipinski definition) is 3. The molecule has 0 saturated carbocycles. The molecule has 0 aliphatic rings. The number of unbranched alkanes of at least 4 members (excludes halogenated alkanes) is 8. The van der Waals surface area contributed by atoms with E-state index in [2.05, 4.69) is 29.0 Å². The van der Waals surface area contributed by atoms with Crippen LogP contribution in [0.3, 0.4) is 0 Å². The van der Waals surface area contributed by atoms with Crippen LogP contribution in [0.25, 0.3) is 0 Å². The highest BCUT2D eigenvalue weighted by molar-refractivity contribution is 5.81. The van der Waals surface area contributed by atoms with Gasteiger partial charge in [-0.1, -0.05) is 119 Å². The van der Waals surface area contributed by atoms with E-state index in [1.54, 1.807) is 0 Å². The highest BCUT2D eigenvalue weighted by Gasteiger charge is 2.19. The lowest BCUT2D eigenvalue weighted by Crippen LogP contribution is -2.68. The van der Waals surface area contributed by atoms with E-state index in [-0.39, 0.29) is 29.8 Å². The lowest BCUT2D eigenvalue weighted by molar-refractivity contribution is -0.403. The lowest BCUT2D eigenvalue weighted by Gasteiger charge is -2.23. The number of quaternary nitrogens is 2. The van der Waals surface area contributed by atoms with E-state index in [1.165, 1.54) is 44.9 Å². The molecule has 0 heterocycles. The van der Waals surface area contributed by atoms with Gasteiger partial charge in [0.25, 0.3) is 11.8 Å². The maximum Gasteiger partial charge on any atom is 0.278 e. The minimum Gasteiger partial charge on any atom is -0.351 e. The molecule has 44 heavy (non-hydrogen) atoms. The normalized spacial score (nSPS) is 12.3. The molecule has 8 heteroatoms. The third-order valence-corrected chi connectivity index (χ3v) is 8.05. The van der Waals surface area contributed by atoms with Crippen LogP contribution in [0.5, 0.6) is 0 Å². The van der Waals surface area contributed by atoms with Crippen molar-refractivity contribution in [3.05, 3.63) is 71.8 Å². The van der Waals surface area contributed by atoms with Crippen molar-refractivity contribution in [2.45, 2.75) is 109 Å². The molecule has 0 unspecified atom stereocenters. The van der Waals surface area contributed by atoms with Crippen LogP contribution < -0.4 is 22.1 Å². The molecule has 0 radical (unpaired) electrons. The summed E-state index contributed by atoms with van der Waals surface area (Å²) in [6.45, 7) is 4.40. The number of nitrogens with one attached hydrogen (secondary N) is 2. The first-order valence-electron chi connectivity index (χ1n) is 17.0. The molecule has 2 aromatic carbocycles. The topological polar surface area (TPSA) is 134 Å². The first-order chi connectivity index (χ1) is 21.4. The molecule has 8 N–H and O–H groups in total. The highest BCUT2D eigenvalue weighted by atomic mass is 16.2. The van der Waals surface area contributed by atoms with Crippen molar-refractivity contribution in [3.63, 3.8) is 0 Å². The van der Waals surface area contributed by atoms with Gasteiger partial charge in [0.15, 0.2) is 12.1 Å². The van der Waals surface area contributed by atoms with E-state index in [9.17, 15) is 14.4 Å². The van der Waals surface area contributed by atoms with Crippen molar-refractivity contribution < 1.29 is 25.9 Å². The van der Waals surface area contributed by atoms with Gasteiger partial charge in [0, 0.05) is 45.4 Å². The first-order valence-corrected chi connectivity index (χ1v) is 17.0. The summed E-state index contributed by atoms with van der Waals surface area (Å²) in [6, 6.07) is 19.1. The second-order valence-electron chi connectivity index (χ2n) is 12.0. The predicted octanol–water partition coefficient (Wildman–Crippen LogP) is 3.45. The summed E-state index contributed by atoms with van der Waals surface area (Å²) < 4.78 is 0. The highest BCUT2D eigenvalue weighted by Crippen LogP contribution is 2.12. The van der Waals surface area contributed by atoms with Crippen molar-refractivity contribution in [1.29, 1.82) is 0 Å². The van der Waals surface area contributed by atoms with E-state index in [4.69, 9.17) is 0 Å². The van der Waals surface area contributed by atoms with Gasteiger partial charge in [0.05, 0.1) is 0 Å². The molecule has 0 aromatic heterocycles. The minimum atomic E-state index is -0.357. The maximum atomic E-state index is 13.2. The summed E-state index contributed by atoms with van der Waals surface area (Å²) in [5, 5.41) is 5.99. The van der Waals surface area contributed by atoms with Gasteiger partial charge in [-0.3, -0.25) is 14.4 Å². The van der Waals surface area contributed by atoms with Gasteiger partial charge in [0.1, 0.15) is 0 Å². The third-order valence-electron chi connectivity index (χ3n) is 8.05. The fourth-order valence-electron chi connectivity index (χ4n) is 5.34. The van der Waals surface area contributed by atoms with Crippen molar-refractivity contribution >= 4 is 17.7 Å². The summed E-state index contributed by atoms with van der Waals surface area (Å²) in [5.41, 5.74) is 10.2. The minimum absolute atomic E-state index is 0.0673. The van der Waals surface area contributed by atoms with E-state index in [0.717, 1.165) is 24.0 Å². The second kappa shape index (κ2) is 23.2. The van der Waals surface area contributed by atoms with Gasteiger partial charge in [0.2, 0.25) is 5.91 Å². The molecule has 2 aromatic rings. The number of nitrogens with zero attached hydrogens (tertiary/aromatic N) is 1. The first kappa shape index (κ1) is 37.0. The number of carbonyl (C=O) groups is 3. The Morgan fingerprint density at radius 1 is 0.614 bits per heavy atom. The summed E-state index contributed by atoms with van der Waals surface area (Å²) in [4.78, 5) is 40.2. The fraction of sp³-hybridized carbons (Fsp3) is 0.583. The van der Waals surface area contributed by atoms with Gasteiger partial charge in [-0.2, -0.15) is 0 Å². The molecular weight excluding hydrogens is 550 g/mol. The van der Waals surface area contributed by atoms with Crippen molar-refractivity contribution in [3.8, 4) is 0 Å². The quantitative estimate of drug-likeness (QED) is 0.136. The van der Waals surface area contributed by atoms with Crippen LogP contribution in [0.15, 0.2) is 60.7 Å². The van der Waals surface area contributed by atoms with Crippen LogP contribution in [0, 0.1) is 0 Å². The van der Waals surface area contributed by atoms with Crippen molar-refractivity contribution in [1.82, 2.24) is 15.5 Å². The second-order valence-corrected chi connectivity index (χ2v) is 12.0. The molecule has 244 valence electrons. The number of hydrogen-bond donors (Lipinski definition) is 4. The summed E-state index contributed by atoms with van der Waals surface area (Å²) in [6.07, 6.45) is 14.0. The largest absolute Gasteiger partial charge is 0.351 e. The lowest BCUT2D eigenvalue weighted by atomic mass is 10.1. The van der Waals surface area contributed by atoms with Gasteiger partial charge < -0.3 is 27.0 Å². The fourth-order valence-corrected chi connectivity index (χ4v) is 5.34. The summed E-state index contributed by atoms with van der Waals surface area (Å²) in [7, 11) is 0. The van der Waals surface area contributed by atoms with Crippen LogP contribution in [0.1, 0.15) is 95.1 Å². The predicted molar refractivity (Wildman–Crippen MR) is 177 cm³/mol. The Hall–Kier alpha value is -3.23. The Kier molecular flexibility index (Phi) is 19.5. The number of amides is 3. The smallest absolute Gasteiger partial charge is 0.278 e. The Bertz CT molecular complexity index is 983. The van der Waals surface area contributed by atoms with Crippen LogP contribution in [0.4, 0.5) is 0 Å². The Balaban J connectivity index is 1.74. The SMILES string of the molecule is CCCCCCCCCCCC(=O)N(CCCNC(=O)[C@H]([NH3+])Cc1ccccc1)CCCNC(=O)[C@H]([NH3+])Cc1ccccc1. The molecule has 0 bridgehead atoms. The van der Waals surface area contributed by atoms with Crippen LogP contribution in [0.2, 0.25) is 0 Å². The number of carbonyl (C=O) groups excluding carboxylic acids is 3. The van der Waals surface area contributed by atoms with Gasteiger partial charge >= 0.3 is 0 Å². The van der Waals surface area contributed by atoms with Crippen molar-refractivity contribution in [2.24, 2.45) is 0 Å². The molecule has 0 aliphatic carbocycles. The Morgan fingerprint density at radius 3 is 1.45 bits per heavy atom. The zero-order valence-electron chi connectivity index (χ0n) is 27.2. The van der Waals surface area contributed by atoms with Crippen LogP contribution in [-0.4, -0.2) is 60.9 Å². The number of rotatable bonds is 24. The standard InChI is InChI=1S/C36H57N5O3/c1-2-3-4-5-6-7-8-9-16-23-34(42)41(26-17-24-39-35(43)32(37)28-30-19-12-10-13-20-30)27-18-25-40-36(44)33(38)29-31-21-14-11-15-22-31/h10-15,19-22,32-33H,2-9,16-18,23-29,37-38H2,1H3,(H,39,43)(H,40,44)/p+2/t32-,33-/m1/s1. The molecule has 8 nitrogen and oxygen atoms in total. The molecular formula is C36H59N5O3+2. The monoisotopic (exact) mass is 609 g/mol. The molecule has 0 aliphatic heterocycles. The van der Waals surface area contributed by atoms with Gasteiger partial charge in [-0.05, 0) is 30.4 Å². The average molecular weight is 610 g/mol. The molecule has 3 amide bonds. The average Bonchev–Trinajstić information content (AvgIpc) is 3.03. The Morgan fingerprint density at radius 2 is 1.02 bits per heavy atom. The van der Waals surface area contributed by atoms with E-state index in [0.29, 0.717) is 58.3 Å². The molecule has 0 spiro atoms. The van der Waals surface area contributed by atoms with Crippen LogP contribution >= 0.6 is 0 Å². The zero-order valence-corrected chi connectivity index (χ0v) is 27.2. The molecule has 0 fully saturated rings. The Labute approximate surface area is 265 Å². The summed E-state index contributed by atoms with van der Waals surface area (Å²) in [5.74, 6) is 0.0218.